The average Bonchev–Trinajstić information content (AvgIpc) is 2.37. The topological polar surface area (TPSA) is 31.4 Å². The zero-order valence-corrected chi connectivity index (χ0v) is 11.6. The number of rotatable bonds is 4. The molecule has 1 saturated heterocycles. The zero-order valence-electron chi connectivity index (χ0n) is 11.6. The molecule has 1 N–H and O–H groups in total. The van der Waals surface area contributed by atoms with E-state index in [0.717, 1.165) is 31.7 Å². The molecule has 2 unspecified atom stereocenters. The highest BCUT2D eigenvalue weighted by Crippen LogP contribution is 2.22. The predicted molar refractivity (Wildman–Crippen MR) is 74.6 cm³/mol. The van der Waals surface area contributed by atoms with Gasteiger partial charge in [-0.1, -0.05) is 6.07 Å². The molecule has 1 aromatic rings. The molecule has 1 fully saturated rings. The smallest absolute Gasteiger partial charge is 0.0575 e. The lowest BCUT2D eigenvalue weighted by atomic mass is 10.0. The Hall–Kier alpha value is -0.970. The van der Waals surface area contributed by atoms with Crippen LogP contribution in [0.3, 0.4) is 0 Å². The molecule has 2 atom stereocenters. The van der Waals surface area contributed by atoms with Gasteiger partial charge in [-0.25, -0.2) is 0 Å². The molecule has 1 aliphatic rings. The maximum absolute atomic E-state index is 4.50. The summed E-state index contributed by atoms with van der Waals surface area (Å²) in [6.07, 6.45) is 2.99. The highest BCUT2D eigenvalue weighted by atomic mass is 15.2. The molecule has 100 valence electrons. The van der Waals surface area contributed by atoms with Crippen molar-refractivity contribution in [1.29, 1.82) is 0 Å². The molecule has 4 nitrogen and oxygen atoms in total. The summed E-state index contributed by atoms with van der Waals surface area (Å²) >= 11 is 0. The molecule has 2 heterocycles. The minimum Gasteiger partial charge on any atom is -0.311 e. The number of piperazine rings is 1. The number of likely N-dealkylation sites (N-methyl/N-ethyl adjacent to an activating group) is 1. The van der Waals surface area contributed by atoms with Gasteiger partial charge in [0.1, 0.15) is 0 Å². The monoisotopic (exact) mass is 248 g/mol. The third-order valence-electron chi connectivity index (χ3n) is 3.62. The van der Waals surface area contributed by atoms with Crippen LogP contribution in [0, 0.1) is 0 Å². The first-order valence-corrected chi connectivity index (χ1v) is 6.66. The SMILES string of the molecule is CN1CCNC(CC(c2ccccn2)N(C)C)C1. The molecule has 0 spiro atoms. The zero-order chi connectivity index (χ0) is 13.0. The first kappa shape index (κ1) is 13.5. The van der Waals surface area contributed by atoms with Gasteiger partial charge in [-0.3, -0.25) is 4.98 Å². The predicted octanol–water partition coefficient (Wildman–Crippen LogP) is 0.978. The summed E-state index contributed by atoms with van der Waals surface area (Å²) in [6.45, 7) is 3.35. The maximum atomic E-state index is 4.50. The molecular weight excluding hydrogens is 224 g/mol. The van der Waals surface area contributed by atoms with E-state index in [-0.39, 0.29) is 0 Å². The van der Waals surface area contributed by atoms with Gasteiger partial charge in [0.2, 0.25) is 0 Å². The molecule has 0 amide bonds. The van der Waals surface area contributed by atoms with Crippen molar-refractivity contribution in [3.8, 4) is 0 Å². The summed E-state index contributed by atoms with van der Waals surface area (Å²) in [5.74, 6) is 0. The van der Waals surface area contributed by atoms with Crippen molar-refractivity contribution in [2.24, 2.45) is 0 Å². The molecule has 0 radical (unpaired) electrons. The van der Waals surface area contributed by atoms with Crippen molar-refractivity contribution >= 4 is 0 Å². The summed E-state index contributed by atoms with van der Waals surface area (Å²) in [7, 11) is 6.46. The van der Waals surface area contributed by atoms with Crippen molar-refractivity contribution < 1.29 is 0 Å². The fraction of sp³-hybridized carbons (Fsp3) is 0.643. The Labute approximate surface area is 110 Å². The third-order valence-corrected chi connectivity index (χ3v) is 3.62. The minimum absolute atomic E-state index is 0.384. The molecule has 1 aliphatic heterocycles. The number of aromatic nitrogens is 1. The van der Waals surface area contributed by atoms with Crippen molar-refractivity contribution in [2.45, 2.75) is 18.5 Å². The number of hydrogen-bond acceptors (Lipinski definition) is 4. The van der Waals surface area contributed by atoms with E-state index in [0.29, 0.717) is 12.1 Å². The van der Waals surface area contributed by atoms with E-state index in [9.17, 15) is 0 Å². The third kappa shape index (κ3) is 3.51. The average molecular weight is 248 g/mol. The second-order valence-corrected chi connectivity index (χ2v) is 5.38. The van der Waals surface area contributed by atoms with E-state index in [1.54, 1.807) is 0 Å². The van der Waals surface area contributed by atoms with E-state index in [2.05, 4.69) is 53.4 Å². The first-order valence-electron chi connectivity index (χ1n) is 6.66. The Morgan fingerprint density at radius 1 is 1.50 bits per heavy atom. The molecule has 18 heavy (non-hydrogen) atoms. The van der Waals surface area contributed by atoms with Gasteiger partial charge in [-0.2, -0.15) is 0 Å². The van der Waals surface area contributed by atoms with Crippen LogP contribution in [0.1, 0.15) is 18.2 Å². The second kappa shape index (κ2) is 6.27. The quantitative estimate of drug-likeness (QED) is 0.860. The van der Waals surface area contributed by atoms with E-state index in [1.165, 1.54) is 0 Å². The molecule has 0 aromatic carbocycles. The van der Waals surface area contributed by atoms with Gasteiger partial charge in [-0.15, -0.1) is 0 Å². The summed E-state index contributed by atoms with van der Waals surface area (Å²) in [6, 6.07) is 7.10. The van der Waals surface area contributed by atoms with Gasteiger partial charge in [-0.05, 0) is 39.7 Å². The first-order chi connectivity index (χ1) is 8.66. The fourth-order valence-corrected chi connectivity index (χ4v) is 2.59. The standard InChI is InChI=1S/C14H24N4/c1-17(2)14(13-6-4-5-7-16-13)10-12-11-18(3)9-8-15-12/h4-7,12,14-15H,8-11H2,1-3H3. The van der Waals surface area contributed by atoms with E-state index in [4.69, 9.17) is 0 Å². The minimum atomic E-state index is 0.384. The summed E-state index contributed by atoms with van der Waals surface area (Å²) < 4.78 is 0. The van der Waals surface area contributed by atoms with Gasteiger partial charge in [0.25, 0.3) is 0 Å². The van der Waals surface area contributed by atoms with Crippen molar-refractivity contribution in [3.05, 3.63) is 30.1 Å². The number of hydrogen-bond donors (Lipinski definition) is 1. The van der Waals surface area contributed by atoms with Crippen LogP contribution in [0.4, 0.5) is 0 Å². The molecular formula is C14H24N4. The van der Waals surface area contributed by atoms with Crippen LogP contribution in [-0.4, -0.2) is 61.6 Å². The highest BCUT2D eigenvalue weighted by Gasteiger charge is 2.23. The molecule has 0 saturated carbocycles. The number of nitrogens with one attached hydrogen (secondary N) is 1. The summed E-state index contributed by atoms with van der Waals surface area (Å²) in [5, 5.41) is 3.61. The Morgan fingerprint density at radius 3 is 2.94 bits per heavy atom. The van der Waals surface area contributed by atoms with E-state index < -0.39 is 0 Å². The maximum Gasteiger partial charge on any atom is 0.0575 e. The van der Waals surface area contributed by atoms with Crippen LogP contribution >= 0.6 is 0 Å². The second-order valence-electron chi connectivity index (χ2n) is 5.38. The summed E-state index contributed by atoms with van der Waals surface area (Å²) in [5.41, 5.74) is 1.16. The van der Waals surface area contributed by atoms with Gasteiger partial charge in [0.05, 0.1) is 11.7 Å². The van der Waals surface area contributed by atoms with Gasteiger partial charge in [0, 0.05) is 31.9 Å². The highest BCUT2D eigenvalue weighted by molar-refractivity contribution is 5.09. The summed E-state index contributed by atoms with van der Waals surface area (Å²) in [4.78, 5) is 9.16. The normalized spacial score (nSPS) is 23.2. The van der Waals surface area contributed by atoms with Crippen LogP contribution in [0.25, 0.3) is 0 Å². The number of nitrogens with zero attached hydrogens (tertiary/aromatic N) is 3. The molecule has 1 aromatic heterocycles. The van der Waals surface area contributed by atoms with Gasteiger partial charge < -0.3 is 15.1 Å². The van der Waals surface area contributed by atoms with E-state index >= 15 is 0 Å². The lowest BCUT2D eigenvalue weighted by Crippen LogP contribution is -2.50. The van der Waals surface area contributed by atoms with Crippen molar-refractivity contribution in [3.63, 3.8) is 0 Å². The lowest BCUT2D eigenvalue weighted by Gasteiger charge is -2.34. The van der Waals surface area contributed by atoms with Crippen LogP contribution < -0.4 is 5.32 Å². The van der Waals surface area contributed by atoms with Crippen LogP contribution in [0.15, 0.2) is 24.4 Å². The van der Waals surface area contributed by atoms with Gasteiger partial charge in [0.15, 0.2) is 0 Å². The molecule has 4 heteroatoms. The van der Waals surface area contributed by atoms with Crippen molar-refractivity contribution in [2.75, 3.05) is 40.8 Å². The Bertz CT molecular complexity index is 352. The Morgan fingerprint density at radius 2 is 2.33 bits per heavy atom. The van der Waals surface area contributed by atoms with Gasteiger partial charge >= 0.3 is 0 Å². The Kier molecular flexibility index (Phi) is 4.69. The Balaban J connectivity index is 2.03. The lowest BCUT2D eigenvalue weighted by molar-refractivity contribution is 0.188. The van der Waals surface area contributed by atoms with Crippen molar-refractivity contribution in [1.82, 2.24) is 20.1 Å². The fourth-order valence-electron chi connectivity index (χ4n) is 2.59. The molecule has 0 bridgehead atoms. The number of pyridine rings is 1. The molecule has 0 aliphatic carbocycles. The largest absolute Gasteiger partial charge is 0.311 e. The van der Waals surface area contributed by atoms with Crippen LogP contribution in [0.2, 0.25) is 0 Å². The van der Waals surface area contributed by atoms with Crippen LogP contribution in [0.5, 0.6) is 0 Å². The molecule has 2 rings (SSSR count). The van der Waals surface area contributed by atoms with Crippen LogP contribution in [-0.2, 0) is 0 Å². The van der Waals surface area contributed by atoms with E-state index in [1.807, 2.05) is 12.3 Å².